The van der Waals surface area contributed by atoms with Crippen molar-refractivity contribution in [2.24, 2.45) is 0 Å². The lowest BCUT2D eigenvalue weighted by Gasteiger charge is -2.36. The Kier molecular flexibility index (Phi) is 6.86. The first-order valence-corrected chi connectivity index (χ1v) is 11.0. The highest BCUT2D eigenvalue weighted by Crippen LogP contribution is 2.31. The quantitative estimate of drug-likeness (QED) is 0.526. The fourth-order valence-corrected chi connectivity index (χ4v) is 3.99. The monoisotopic (exact) mass is 467 g/mol. The largest absolute Gasteiger partial charge is 0.324 e. The molecule has 0 aliphatic carbocycles. The first kappa shape index (κ1) is 23.4. The Bertz CT molecular complexity index is 1210. The molecule has 1 aliphatic rings. The normalized spacial score (nSPS) is 13.8. The molecule has 3 aromatic carbocycles. The number of hydrogen-bond donors (Lipinski definition) is 1. The molecule has 0 radical (unpaired) electrons. The molecule has 4 rings (SSSR count). The van der Waals surface area contributed by atoms with Crippen LogP contribution in [0.4, 0.5) is 29.3 Å². The average molecular weight is 467 g/mol. The van der Waals surface area contributed by atoms with E-state index in [1.807, 2.05) is 13.0 Å². The van der Waals surface area contributed by atoms with E-state index in [-0.39, 0.29) is 36.3 Å². The lowest BCUT2D eigenvalue weighted by atomic mass is 10.1. The summed E-state index contributed by atoms with van der Waals surface area (Å²) in [6.07, 6.45) is 0.673. The molecule has 1 aliphatic heterocycles. The molecule has 8 heteroatoms. The zero-order valence-corrected chi connectivity index (χ0v) is 18.7. The Morgan fingerprint density at radius 1 is 0.941 bits per heavy atom. The third-order valence-electron chi connectivity index (χ3n) is 5.68. The van der Waals surface area contributed by atoms with Gasteiger partial charge in [0.15, 0.2) is 0 Å². The molecule has 0 saturated carbocycles. The van der Waals surface area contributed by atoms with E-state index in [1.165, 1.54) is 21.9 Å². The Labute approximate surface area is 195 Å². The molecule has 1 fully saturated rings. The molecule has 0 spiro atoms. The van der Waals surface area contributed by atoms with E-state index in [0.717, 1.165) is 23.8 Å². The summed E-state index contributed by atoms with van der Waals surface area (Å²) in [5.74, 6) is -1.82. The minimum atomic E-state index is -0.574. The van der Waals surface area contributed by atoms with Gasteiger partial charge in [-0.15, -0.1) is 0 Å². The minimum absolute atomic E-state index is 0.0482. The van der Waals surface area contributed by atoms with Gasteiger partial charge < -0.3 is 10.2 Å². The molecular weight excluding hydrogens is 443 g/mol. The number of halogens is 3. The third-order valence-corrected chi connectivity index (χ3v) is 5.68. The van der Waals surface area contributed by atoms with Crippen LogP contribution in [-0.2, 0) is 17.8 Å². The fourth-order valence-electron chi connectivity index (χ4n) is 3.99. The fraction of sp³-hybridized carbons (Fsp3) is 0.231. The van der Waals surface area contributed by atoms with Crippen LogP contribution in [0.3, 0.4) is 0 Å². The highest BCUT2D eigenvalue weighted by molar-refractivity contribution is 6.01. The Morgan fingerprint density at radius 3 is 2.44 bits per heavy atom. The average Bonchev–Trinajstić information content (AvgIpc) is 2.80. The van der Waals surface area contributed by atoms with Gasteiger partial charge in [0.25, 0.3) is 0 Å². The summed E-state index contributed by atoms with van der Waals surface area (Å²) in [7, 11) is 0. The molecule has 5 nitrogen and oxygen atoms in total. The Morgan fingerprint density at radius 2 is 1.68 bits per heavy atom. The number of amides is 3. The van der Waals surface area contributed by atoms with Gasteiger partial charge in [0, 0.05) is 18.7 Å². The van der Waals surface area contributed by atoms with Gasteiger partial charge in [-0.2, -0.15) is 0 Å². The first-order valence-electron chi connectivity index (χ1n) is 11.0. The number of carbonyl (C=O) groups is 2. The number of anilines is 2. The molecule has 1 saturated heterocycles. The minimum Gasteiger partial charge on any atom is -0.324 e. The topological polar surface area (TPSA) is 52.6 Å². The predicted octanol–water partition coefficient (Wildman–Crippen LogP) is 5.43. The molecule has 1 heterocycles. The predicted molar refractivity (Wildman–Crippen MR) is 124 cm³/mol. The second-order valence-electron chi connectivity index (χ2n) is 8.32. The van der Waals surface area contributed by atoms with Crippen LogP contribution < -0.4 is 10.2 Å². The van der Waals surface area contributed by atoms with Crippen LogP contribution in [-0.4, -0.2) is 29.9 Å². The molecule has 34 heavy (non-hydrogen) atoms. The summed E-state index contributed by atoms with van der Waals surface area (Å²) in [6, 6.07) is 13.9. The summed E-state index contributed by atoms with van der Waals surface area (Å²) in [6.45, 7) is 2.64. The number of aryl methyl sites for hydroxylation is 1. The molecule has 1 N–H and O–H groups in total. The zero-order chi connectivity index (χ0) is 24.2. The van der Waals surface area contributed by atoms with Crippen molar-refractivity contribution in [2.75, 3.05) is 23.3 Å². The van der Waals surface area contributed by atoms with E-state index < -0.39 is 11.6 Å². The number of benzene rings is 3. The standard InChI is InChI=1S/C26H24F3N3O2/c1-17-3-10-24(23(13-17)30-25(33)14-18-4-6-20(27)7-5-18)32-12-2-11-31(26(32)34)16-19-15-21(28)8-9-22(19)29/h3-10,13,15H,2,11-12,14,16H2,1H3,(H,30,33). The lowest BCUT2D eigenvalue weighted by Crippen LogP contribution is -2.49. The van der Waals surface area contributed by atoms with Gasteiger partial charge in [-0.05, 0) is 66.9 Å². The molecule has 0 unspecified atom stereocenters. The van der Waals surface area contributed by atoms with Crippen molar-refractivity contribution in [1.29, 1.82) is 0 Å². The molecule has 3 aromatic rings. The number of nitrogens with one attached hydrogen (secondary N) is 1. The van der Waals surface area contributed by atoms with Crippen LogP contribution in [0.1, 0.15) is 23.1 Å². The summed E-state index contributed by atoms with van der Waals surface area (Å²) < 4.78 is 40.9. The second-order valence-corrected chi connectivity index (χ2v) is 8.32. The van der Waals surface area contributed by atoms with Crippen molar-refractivity contribution in [3.05, 3.63) is 94.8 Å². The molecule has 0 bridgehead atoms. The number of carbonyl (C=O) groups excluding carboxylic acids is 2. The van der Waals surface area contributed by atoms with Crippen molar-refractivity contribution in [1.82, 2.24) is 4.90 Å². The number of hydrogen-bond acceptors (Lipinski definition) is 2. The van der Waals surface area contributed by atoms with Crippen molar-refractivity contribution >= 4 is 23.3 Å². The van der Waals surface area contributed by atoms with Gasteiger partial charge in [0.1, 0.15) is 17.5 Å². The van der Waals surface area contributed by atoms with Crippen LogP contribution in [0, 0.1) is 24.4 Å². The van der Waals surface area contributed by atoms with Gasteiger partial charge in [-0.1, -0.05) is 18.2 Å². The molecule has 0 aromatic heterocycles. The van der Waals surface area contributed by atoms with E-state index in [2.05, 4.69) is 5.32 Å². The smallest absolute Gasteiger partial charge is 0.324 e. The van der Waals surface area contributed by atoms with Crippen molar-refractivity contribution < 1.29 is 22.8 Å². The number of urea groups is 1. The van der Waals surface area contributed by atoms with Gasteiger partial charge in [0.2, 0.25) is 5.91 Å². The van der Waals surface area contributed by atoms with E-state index in [0.29, 0.717) is 36.4 Å². The highest BCUT2D eigenvalue weighted by atomic mass is 19.1. The summed E-state index contributed by atoms with van der Waals surface area (Å²) in [4.78, 5) is 28.9. The molecular formula is C26H24F3N3O2. The van der Waals surface area contributed by atoms with Crippen molar-refractivity contribution in [3.8, 4) is 0 Å². The van der Waals surface area contributed by atoms with Crippen LogP contribution in [0.25, 0.3) is 0 Å². The van der Waals surface area contributed by atoms with Crippen LogP contribution in [0.15, 0.2) is 60.7 Å². The molecule has 3 amide bonds. The van der Waals surface area contributed by atoms with E-state index in [1.54, 1.807) is 24.3 Å². The van der Waals surface area contributed by atoms with Crippen LogP contribution >= 0.6 is 0 Å². The van der Waals surface area contributed by atoms with E-state index in [4.69, 9.17) is 0 Å². The lowest BCUT2D eigenvalue weighted by molar-refractivity contribution is -0.115. The second kappa shape index (κ2) is 9.99. The van der Waals surface area contributed by atoms with Crippen molar-refractivity contribution in [3.63, 3.8) is 0 Å². The van der Waals surface area contributed by atoms with Crippen LogP contribution in [0.2, 0.25) is 0 Å². The third kappa shape index (κ3) is 5.39. The van der Waals surface area contributed by atoms with Gasteiger partial charge >= 0.3 is 6.03 Å². The molecule has 176 valence electrons. The summed E-state index contributed by atoms with van der Waals surface area (Å²) >= 11 is 0. The van der Waals surface area contributed by atoms with Gasteiger partial charge in [-0.25, -0.2) is 18.0 Å². The van der Waals surface area contributed by atoms with E-state index >= 15 is 0 Å². The van der Waals surface area contributed by atoms with Crippen molar-refractivity contribution in [2.45, 2.75) is 26.3 Å². The van der Waals surface area contributed by atoms with Gasteiger partial charge in [0.05, 0.1) is 24.3 Å². The number of nitrogens with zero attached hydrogens (tertiary/aromatic N) is 2. The van der Waals surface area contributed by atoms with Gasteiger partial charge in [-0.3, -0.25) is 9.69 Å². The Balaban J connectivity index is 1.53. The van der Waals surface area contributed by atoms with Crippen LogP contribution in [0.5, 0.6) is 0 Å². The SMILES string of the molecule is Cc1ccc(N2CCCN(Cc3cc(F)ccc3F)C2=O)c(NC(=O)Cc2ccc(F)cc2)c1. The zero-order valence-electron chi connectivity index (χ0n) is 18.7. The maximum Gasteiger partial charge on any atom is 0.324 e. The summed E-state index contributed by atoms with van der Waals surface area (Å²) in [5.41, 5.74) is 2.65. The Hall–Kier alpha value is -3.81. The first-order chi connectivity index (χ1) is 16.3. The summed E-state index contributed by atoms with van der Waals surface area (Å²) in [5, 5.41) is 2.86. The maximum absolute atomic E-state index is 14.1. The van der Waals surface area contributed by atoms with E-state index in [9.17, 15) is 22.8 Å². The maximum atomic E-state index is 14.1. The molecule has 0 atom stereocenters. The number of rotatable bonds is 6. The highest BCUT2D eigenvalue weighted by Gasteiger charge is 2.29.